The van der Waals surface area contributed by atoms with Gasteiger partial charge in [0.1, 0.15) is 5.60 Å². The van der Waals surface area contributed by atoms with Gasteiger partial charge in [0, 0.05) is 5.56 Å². The zero-order valence-electron chi connectivity index (χ0n) is 9.06. The van der Waals surface area contributed by atoms with Crippen LogP contribution < -0.4 is 0 Å². The third-order valence-electron chi connectivity index (χ3n) is 2.80. The summed E-state index contributed by atoms with van der Waals surface area (Å²) in [5.74, 6) is -0.935. The first kappa shape index (κ1) is 10.8. The molecule has 16 heavy (non-hydrogen) atoms. The largest absolute Gasteiger partial charge is 0.447 e. The number of Topliss-reactive ketones (excluding diaryl/α,β-unsaturated/α-hetero) is 1. The molecule has 0 bridgehead atoms. The summed E-state index contributed by atoms with van der Waals surface area (Å²) in [5.41, 5.74) is -0.715. The molecule has 1 aromatic carbocycles. The summed E-state index contributed by atoms with van der Waals surface area (Å²) in [6, 6.07) is 6.60. The van der Waals surface area contributed by atoms with Gasteiger partial charge in [0.25, 0.3) is 0 Å². The van der Waals surface area contributed by atoms with Gasteiger partial charge in [-0.05, 0) is 19.9 Å². The molecule has 1 N–H and O–H groups in total. The van der Waals surface area contributed by atoms with E-state index in [9.17, 15) is 14.7 Å². The predicted molar refractivity (Wildman–Crippen MR) is 55.9 cm³/mol. The Bertz CT molecular complexity index is 462. The number of carbonyl (C=O) groups is 2. The van der Waals surface area contributed by atoms with E-state index < -0.39 is 17.7 Å². The summed E-state index contributed by atoms with van der Waals surface area (Å²) in [6.45, 7) is 2.77. The second-order valence-corrected chi connectivity index (χ2v) is 4.09. The first-order valence-electron chi connectivity index (χ1n) is 4.98. The van der Waals surface area contributed by atoms with Crippen molar-refractivity contribution in [1.82, 2.24) is 0 Å². The molecule has 1 aliphatic rings. The summed E-state index contributed by atoms with van der Waals surface area (Å²) in [7, 11) is 0. The number of hydrogen-bond acceptors (Lipinski definition) is 4. The molecule has 0 saturated carbocycles. The molecule has 84 valence electrons. The zero-order chi connectivity index (χ0) is 11.9. The van der Waals surface area contributed by atoms with Crippen molar-refractivity contribution in [2.45, 2.75) is 25.6 Å². The van der Waals surface area contributed by atoms with Crippen molar-refractivity contribution in [2.75, 3.05) is 0 Å². The number of esters is 1. The first-order valence-corrected chi connectivity index (χ1v) is 4.98. The molecule has 1 aliphatic heterocycles. The van der Waals surface area contributed by atoms with Gasteiger partial charge in [-0.2, -0.15) is 0 Å². The van der Waals surface area contributed by atoms with Gasteiger partial charge in [0.15, 0.2) is 11.9 Å². The van der Waals surface area contributed by atoms with Crippen molar-refractivity contribution in [2.24, 2.45) is 0 Å². The van der Waals surface area contributed by atoms with Gasteiger partial charge in [0.2, 0.25) is 0 Å². The summed E-state index contributed by atoms with van der Waals surface area (Å²) in [4.78, 5) is 22.9. The van der Waals surface area contributed by atoms with Crippen molar-refractivity contribution in [3.63, 3.8) is 0 Å². The maximum absolute atomic E-state index is 11.6. The lowest BCUT2D eigenvalue weighted by Gasteiger charge is -2.36. The average Bonchev–Trinajstić information content (AvgIpc) is 2.23. The lowest BCUT2D eigenvalue weighted by atomic mass is 9.83. The highest BCUT2D eigenvalue weighted by Gasteiger charge is 2.46. The lowest BCUT2D eigenvalue weighted by molar-refractivity contribution is -0.144. The second-order valence-electron chi connectivity index (χ2n) is 4.09. The molecule has 0 unspecified atom stereocenters. The number of rotatable bonds is 1. The number of hydrogen-bond donors (Lipinski definition) is 1. The van der Waals surface area contributed by atoms with E-state index in [0.717, 1.165) is 0 Å². The van der Waals surface area contributed by atoms with Gasteiger partial charge in [0.05, 0.1) is 5.56 Å². The summed E-state index contributed by atoms with van der Waals surface area (Å²) in [6.07, 6.45) is -1.13. The second kappa shape index (κ2) is 3.42. The molecule has 4 heteroatoms. The quantitative estimate of drug-likeness (QED) is 0.718. The monoisotopic (exact) mass is 220 g/mol. The number of ketones is 1. The fourth-order valence-electron chi connectivity index (χ4n) is 2.01. The van der Waals surface area contributed by atoms with Crippen LogP contribution in [0.5, 0.6) is 0 Å². The van der Waals surface area contributed by atoms with Crippen LogP contribution in [0, 0.1) is 0 Å². The third kappa shape index (κ3) is 1.42. The highest BCUT2D eigenvalue weighted by atomic mass is 16.6. The standard InChI is InChI=1S/C12H12O4/c1-7(13)10-12(2,15)9-6-4-3-5-8(9)11(14)16-10/h3-6,10,15H,1-2H3/t10-,12+/m0/s1. The Morgan fingerprint density at radius 3 is 2.69 bits per heavy atom. The number of ether oxygens (including phenoxy) is 1. The normalized spacial score (nSPS) is 28.2. The zero-order valence-corrected chi connectivity index (χ0v) is 9.06. The molecule has 2 rings (SSSR count). The Kier molecular flexibility index (Phi) is 2.31. The highest BCUT2D eigenvalue weighted by molar-refractivity contribution is 5.96. The minimum Gasteiger partial charge on any atom is -0.447 e. The number of cyclic esters (lactones) is 1. The van der Waals surface area contributed by atoms with E-state index in [2.05, 4.69) is 0 Å². The minimum atomic E-state index is -1.46. The number of benzene rings is 1. The maximum Gasteiger partial charge on any atom is 0.339 e. The number of carbonyl (C=O) groups excluding carboxylic acids is 2. The first-order chi connectivity index (χ1) is 7.44. The SMILES string of the molecule is CC(=O)[C@@H]1OC(=O)c2ccccc2[C@@]1(C)O. The van der Waals surface area contributed by atoms with Crippen molar-refractivity contribution in [3.05, 3.63) is 35.4 Å². The molecule has 0 saturated heterocycles. The van der Waals surface area contributed by atoms with Gasteiger partial charge >= 0.3 is 5.97 Å². The Hall–Kier alpha value is -1.68. The lowest BCUT2D eigenvalue weighted by Crippen LogP contribution is -2.48. The van der Waals surface area contributed by atoms with Crippen LogP contribution in [0.3, 0.4) is 0 Å². The van der Waals surface area contributed by atoms with Crippen LogP contribution in [0.25, 0.3) is 0 Å². The van der Waals surface area contributed by atoms with Crippen LogP contribution in [0.1, 0.15) is 29.8 Å². The molecule has 1 heterocycles. The molecular weight excluding hydrogens is 208 g/mol. The van der Waals surface area contributed by atoms with Gasteiger partial charge in [-0.15, -0.1) is 0 Å². The Labute approximate surface area is 92.8 Å². The predicted octanol–water partition coefficient (Wildman–Crippen LogP) is 1.02. The van der Waals surface area contributed by atoms with Gasteiger partial charge < -0.3 is 9.84 Å². The summed E-state index contributed by atoms with van der Waals surface area (Å²) >= 11 is 0. The average molecular weight is 220 g/mol. The molecule has 0 radical (unpaired) electrons. The molecule has 0 fully saturated rings. The van der Waals surface area contributed by atoms with Crippen LogP contribution in [0.15, 0.2) is 24.3 Å². The molecular formula is C12H12O4. The van der Waals surface area contributed by atoms with Crippen LogP contribution in [0.2, 0.25) is 0 Å². The molecule has 4 nitrogen and oxygen atoms in total. The molecule has 0 aliphatic carbocycles. The van der Waals surface area contributed by atoms with Crippen molar-refractivity contribution in [3.8, 4) is 0 Å². The van der Waals surface area contributed by atoms with E-state index in [1.165, 1.54) is 13.8 Å². The van der Waals surface area contributed by atoms with E-state index in [1.54, 1.807) is 24.3 Å². The molecule has 0 spiro atoms. The fourth-order valence-corrected chi connectivity index (χ4v) is 2.01. The van der Waals surface area contributed by atoms with E-state index in [0.29, 0.717) is 11.1 Å². The fraction of sp³-hybridized carbons (Fsp3) is 0.333. The molecule has 1 aromatic rings. The maximum atomic E-state index is 11.6. The number of aliphatic hydroxyl groups is 1. The van der Waals surface area contributed by atoms with Crippen molar-refractivity contribution < 1.29 is 19.4 Å². The van der Waals surface area contributed by atoms with Crippen LogP contribution in [-0.2, 0) is 15.1 Å². The Morgan fingerprint density at radius 1 is 1.44 bits per heavy atom. The van der Waals surface area contributed by atoms with Crippen LogP contribution in [-0.4, -0.2) is 23.0 Å². The molecule has 0 amide bonds. The van der Waals surface area contributed by atoms with Crippen molar-refractivity contribution in [1.29, 1.82) is 0 Å². The van der Waals surface area contributed by atoms with Crippen molar-refractivity contribution >= 4 is 11.8 Å². The van der Waals surface area contributed by atoms with E-state index >= 15 is 0 Å². The van der Waals surface area contributed by atoms with E-state index in [-0.39, 0.29) is 5.78 Å². The van der Waals surface area contributed by atoms with E-state index in [1.807, 2.05) is 0 Å². The van der Waals surface area contributed by atoms with Gasteiger partial charge in [-0.3, -0.25) is 4.79 Å². The Morgan fingerprint density at radius 2 is 2.06 bits per heavy atom. The molecule has 2 atom stereocenters. The van der Waals surface area contributed by atoms with Gasteiger partial charge in [-0.25, -0.2) is 4.79 Å². The summed E-state index contributed by atoms with van der Waals surface area (Å²) < 4.78 is 4.95. The van der Waals surface area contributed by atoms with Gasteiger partial charge in [-0.1, -0.05) is 18.2 Å². The topological polar surface area (TPSA) is 63.6 Å². The smallest absolute Gasteiger partial charge is 0.339 e. The Balaban J connectivity index is 2.60. The number of fused-ring (bicyclic) bond motifs is 1. The summed E-state index contributed by atoms with van der Waals surface area (Å²) in [5, 5.41) is 10.3. The highest BCUT2D eigenvalue weighted by Crippen LogP contribution is 2.34. The third-order valence-corrected chi connectivity index (χ3v) is 2.80. The molecule has 0 aromatic heterocycles. The van der Waals surface area contributed by atoms with E-state index in [4.69, 9.17) is 4.74 Å². The minimum absolute atomic E-state index is 0.310. The van der Waals surface area contributed by atoms with Crippen LogP contribution in [0.4, 0.5) is 0 Å². The van der Waals surface area contributed by atoms with Crippen LogP contribution >= 0.6 is 0 Å².